The van der Waals surface area contributed by atoms with Crippen LogP contribution in [0.5, 0.6) is 11.5 Å². The smallest absolute Gasteiger partial charge is 0.123 e. The lowest BCUT2D eigenvalue weighted by Crippen LogP contribution is -2.24. The Morgan fingerprint density at radius 1 is 1.25 bits per heavy atom. The van der Waals surface area contributed by atoms with Crippen molar-refractivity contribution in [3.8, 4) is 11.5 Å². The lowest BCUT2D eigenvalue weighted by molar-refractivity contribution is 0.0607. The SMILES string of the molecule is CNC(CC1CCOCC1)c1cc(OC)ccc1OC. The highest BCUT2D eigenvalue weighted by molar-refractivity contribution is 5.42. The lowest BCUT2D eigenvalue weighted by Gasteiger charge is -2.27. The third-order valence-electron chi connectivity index (χ3n) is 4.07. The standard InChI is InChI=1S/C16H25NO3/c1-17-15(10-12-6-8-20-9-7-12)14-11-13(18-2)4-5-16(14)19-3/h4-5,11-12,15,17H,6-10H2,1-3H3. The van der Waals surface area contributed by atoms with Gasteiger partial charge < -0.3 is 19.5 Å². The van der Waals surface area contributed by atoms with Gasteiger partial charge in [0.1, 0.15) is 11.5 Å². The predicted molar refractivity (Wildman–Crippen MR) is 79.5 cm³/mol. The van der Waals surface area contributed by atoms with Crippen LogP contribution < -0.4 is 14.8 Å². The lowest BCUT2D eigenvalue weighted by atomic mass is 9.89. The number of hydrogen-bond acceptors (Lipinski definition) is 4. The van der Waals surface area contributed by atoms with Crippen LogP contribution in [0.25, 0.3) is 0 Å². The van der Waals surface area contributed by atoms with Crippen LogP contribution in [0.4, 0.5) is 0 Å². The van der Waals surface area contributed by atoms with Crippen molar-refractivity contribution in [2.24, 2.45) is 5.92 Å². The number of nitrogens with one attached hydrogen (secondary N) is 1. The Morgan fingerprint density at radius 2 is 2.00 bits per heavy atom. The molecule has 0 bridgehead atoms. The monoisotopic (exact) mass is 279 g/mol. The van der Waals surface area contributed by atoms with Crippen molar-refractivity contribution < 1.29 is 14.2 Å². The molecule has 1 aromatic carbocycles. The second kappa shape index (κ2) is 7.50. The second-order valence-corrected chi connectivity index (χ2v) is 5.24. The van der Waals surface area contributed by atoms with E-state index >= 15 is 0 Å². The minimum atomic E-state index is 0.281. The average Bonchev–Trinajstić information content (AvgIpc) is 2.53. The fourth-order valence-electron chi connectivity index (χ4n) is 2.83. The molecule has 1 saturated heterocycles. The largest absolute Gasteiger partial charge is 0.497 e. The van der Waals surface area contributed by atoms with Crippen LogP contribution in [0.2, 0.25) is 0 Å². The summed E-state index contributed by atoms with van der Waals surface area (Å²) in [6.45, 7) is 1.77. The summed E-state index contributed by atoms with van der Waals surface area (Å²) in [5.74, 6) is 2.49. The van der Waals surface area contributed by atoms with E-state index in [0.29, 0.717) is 5.92 Å². The molecule has 1 aliphatic rings. The van der Waals surface area contributed by atoms with E-state index < -0.39 is 0 Å². The van der Waals surface area contributed by atoms with Crippen LogP contribution in [-0.4, -0.2) is 34.5 Å². The number of hydrogen-bond donors (Lipinski definition) is 1. The van der Waals surface area contributed by atoms with Crippen LogP contribution >= 0.6 is 0 Å². The van der Waals surface area contributed by atoms with E-state index in [-0.39, 0.29) is 6.04 Å². The number of benzene rings is 1. The molecule has 1 heterocycles. The zero-order valence-corrected chi connectivity index (χ0v) is 12.6. The molecule has 0 aliphatic carbocycles. The van der Waals surface area contributed by atoms with Gasteiger partial charge in [0.2, 0.25) is 0 Å². The predicted octanol–water partition coefficient (Wildman–Crippen LogP) is 2.78. The molecule has 0 radical (unpaired) electrons. The van der Waals surface area contributed by atoms with Gasteiger partial charge in [-0.15, -0.1) is 0 Å². The zero-order chi connectivity index (χ0) is 14.4. The Bertz CT molecular complexity index is 416. The zero-order valence-electron chi connectivity index (χ0n) is 12.6. The van der Waals surface area contributed by atoms with Crippen molar-refractivity contribution in [1.29, 1.82) is 0 Å². The minimum Gasteiger partial charge on any atom is -0.497 e. The van der Waals surface area contributed by atoms with E-state index in [4.69, 9.17) is 14.2 Å². The van der Waals surface area contributed by atoms with Crippen molar-refractivity contribution in [1.82, 2.24) is 5.32 Å². The summed E-state index contributed by atoms with van der Waals surface area (Å²) in [7, 11) is 5.41. The van der Waals surface area contributed by atoms with Gasteiger partial charge in [0, 0.05) is 24.8 Å². The van der Waals surface area contributed by atoms with Crippen LogP contribution in [-0.2, 0) is 4.74 Å². The molecule has 0 spiro atoms. The van der Waals surface area contributed by atoms with Gasteiger partial charge in [-0.1, -0.05) is 0 Å². The van der Waals surface area contributed by atoms with Gasteiger partial charge in [-0.05, 0) is 50.4 Å². The highest BCUT2D eigenvalue weighted by Gasteiger charge is 2.22. The molecule has 0 saturated carbocycles. The molecule has 0 amide bonds. The molecule has 20 heavy (non-hydrogen) atoms. The van der Waals surface area contributed by atoms with Crippen molar-refractivity contribution >= 4 is 0 Å². The van der Waals surface area contributed by atoms with E-state index in [1.54, 1.807) is 14.2 Å². The third-order valence-corrected chi connectivity index (χ3v) is 4.07. The Hall–Kier alpha value is -1.26. The van der Waals surface area contributed by atoms with E-state index in [2.05, 4.69) is 11.4 Å². The molecule has 1 N–H and O–H groups in total. The van der Waals surface area contributed by atoms with E-state index in [0.717, 1.165) is 44.0 Å². The molecule has 1 fully saturated rings. The maximum absolute atomic E-state index is 5.50. The Morgan fingerprint density at radius 3 is 2.60 bits per heavy atom. The summed E-state index contributed by atoms with van der Waals surface area (Å²) >= 11 is 0. The first kappa shape index (κ1) is 15.1. The summed E-state index contributed by atoms with van der Waals surface area (Å²) in [5.41, 5.74) is 1.17. The van der Waals surface area contributed by atoms with Gasteiger partial charge in [-0.3, -0.25) is 0 Å². The molecule has 1 atom stereocenters. The van der Waals surface area contributed by atoms with Gasteiger partial charge in [0.25, 0.3) is 0 Å². The first-order chi connectivity index (χ1) is 9.78. The van der Waals surface area contributed by atoms with E-state index in [1.807, 2.05) is 19.2 Å². The minimum absolute atomic E-state index is 0.281. The number of methoxy groups -OCH3 is 2. The van der Waals surface area contributed by atoms with Crippen molar-refractivity contribution in [2.75, 3.05) is 34.5 Å². The van der Waals surface area contributed by atoms with Gasteiger partial charge in [-0.25, -0.2) is 0 Å². The second-order valence-electron chi connectivity index (χ2n) is 5.24. The number of rotatable bonds is 6. The molecular weight excluding hydrogens is 254 g/mol. The van der Waals surface area contributed by atoms with E-state index in [1.165, 1.54) is 5.56 Å². The van der Waals surface area contributed by atoms with Crippen molar-refractivity contribution in [3.05, 3.63) is 23.8 Å². The molecule has 1 aromatic rings. The quantitative estimate of drug-likeness (QED) is 0.869. The highest BCUT2D eigenvalue weighted by atomic mass is 16.5. The Labute approximate surface area is 121 Å². The molecule has 0 aromatic heterocycles. The molecule has 2 rings (SSSR count). The third kappa shape index (κ3) is 3.64. The van der Waals surface area contributed by atoms with Crippen LogP contribution in [0, 0.1) is 5.92 Å². The summed E-state index contributed by atoms with van der Waals surface area (Å²) in [6.07, 6.45) is 3.39. The van der Waals surface area contributed by atoms with Gasteiger partial charge in [0.15, 0.2) is 0 Å². The normalized spacial score (nSPS) is 17.8. The molecule has 4 nitrogen and oxygen atoms in total. The first-order valence-electron chi connectivity index (χ1n) is 7.25. The van der Waals surface area contributed by atoms with Gasteiger partial charge >= 0.3 is 0 Å². The fraction of sp³-hybridized carbons (Fsp3) is 0.625. The van der Waals surface area contributed by atoms with Crippen LogP contribution in [0.3, 0.4) is 0 Å². The number of ether oxygens (including phenoxy) is 3. The summed E-state index contributed by atoms with van der Waals surface area (Å²) in [5, 5.41) is 3.42. The molecule has 1 aliphatic heterocycles. The molecule has 1 unspecified atom stereocenters. The average molecular weight is 279 g/mol. The van der Waals surface area contributed by atoms with Gasteiger partial charge in [0.05, 0.1) is 14.2 Å². The summed E-state index contributed by atoms with van der Waals surface area (Å²) < 4.78 is 16.3. The maximum Gasteiger partial charge on any atom is 0.123 e. The molecule has 4 heteroatoms. The molecular formula is C16H25NO3. The summed E-state index contributed by atoms with van der Waals surface area (Å²) in [6, 6.07) is 6.26. The topological polar surface area (TPSA) is 39.7 Å². The highest BCUT2D eigenvalue weighted by Crippen LogP contribution is 2.34. The first-order valence-corrected chi connectivity index (χ1v) is 7.25. The fourth-order valence-corrected chi connectivity index (χ4v) is 2.83. The van der Waals surface area contributed by atoms with Crippen LogP contribution in [0.1, 0.15) is 30.9 Å². The van der Waals surface area contributed by atoms with Gasteiger partial charge in [-0.2, -0.15) is 0 Å². The van der Waals surface area contributed by atoms with E-state index in [9.17, 15) is 0 Å². The Kier molecular flexibility index (Phi) is 5.68. The maximum atomic E-state index is 5.50. The molecule has 112 valence electrons. The van der Waals surface area contributed by atoms with Crippen LogP contribution in [0.15, 0.2) is 18.2 Å². The van der Waals surface area contributed by atoms with Crippen molar-refractivity contribution in [2.45, 2.75) is 25.3 Å². The summed E-state index contributed by atoms with van der Waals surface area (Å²) in [4.78, 5) is 0. The Balaban J connectivity index is 2.16. The van der Waals surface area contributed by atoms with Crippen molar-refractivity contribution in [3.63, 3.8) is 0 Å².